The molecule has 1 unspecified atom stereocenters. The van der Waals surface area contributed by atoms with Crippen LogP contribution in [0.15, 0.2) is 0 Å². The van der Waals surface area contributed by atoms with Gasteiger partial charge in [0.1, 0.15) is 0 Å². The van der Waals surface area contributed by atoms with E-state index in [1.165, 1.54) is 10.6 Å². The summed E-state index contributed by atoms with van der Waals surface area (Å²) in [5.41, 5.74) is 0. The Kier molecular flexibility index (Phi) is 5.13. The van der Waals surface area contributed by atoms with E-state index < -0.39 is 16.1 Å². The number of rotatable bonds is 5. The Morgan fingerprint density at radius 2 is 1.88 bits per heavy atom. The summed E-state index contributed by atoms with van der Waals surface area (Å²) in [5, 5.41) is 12.5. The topological polar surface area (TPSA) is 72.9 Å². The number of hydrogen-bond donors (Lipinski definition) is 2. The number of nitrogens with zero attached hydrogens (tertiary/aromatic N) is 2. The first-order valence-electron chi connectivity index (χ1n) is 5.43. The van der Waals surface area contributed by atoms with Gasteiger partial charge in [0.2, 0.25) is 10.0 Å². The molecule has 1 rings (SSSR count). The molecule has 0 aromatic rings. The fraction of sp³-hybridized carbons (Fsp3) is 1.00. The molecule has 1 aliphatic rings. The molecule has 0 amide bonds. The lowest BCUT2D eigenvalue weighted by Crippen LogP contribution is -2.50. The summed E-state index contributed by atoms with van der Waals surface area (Å²) in [4.78, 5) is 2.09. The third-order valence-corrected chi connectivity index (χ3v) is 4.01. The van der Waals surface area contributed by atoms with Gasteiger partial charge in [0.05, 0.1) is 12.4 Å². The van der Waals surface area contributed by atoms with Crippen LogP contribution < -0.4 is 5.32 Å². The quantitative estimate of drug-likeness (QED) is 0.600. The van der Waals surface area contributed by atoms with Crippen molar-refractivity contribution in [3.05, 3.63) is 0 Å². The predicted octanol–water partition coefficient (Wildman–Crippen LogP) is -1.86. The molecule has 0 radical (unpaired) electrons. The Hall–Kier alpha value is -0.210. The van der Waals surface area contributed by atoms with Crippen LogP contribution in [0.5, 0.6) is 0 Å². The molecule has 1 fully saturated rings. The Balaban J connectivity index is 2.32. The van der Waals surface area contributed by atoms with Gasteiger partial charge in [0, 0.05) is 39.3 Å². The normalized spacial score (nSPS) is 22.2. The molecule has 0 bridgehead atoms. The second-order valence-corrected chi connectivity index (χ2v) is 6.16. The predicted molar refractivity (Wildman–Crippen MR) is 62.8 cm³/mol. The maximum atomic E-state index is 11.3. The van der Waals surface area contributed by atoms with E-state index in [1.54, 1.807) is 7.05 Å². The van der Waals surface area contributed by atoms with Crippen molar-refractivity contribution < 1.29 is 13.5 Å². The molecular formula is C9H21N3O3S. The van der Waals surface area contributed by atoms with E-state index in [2.05, 4.69) is 10.2 Å². The van der Waals surface area contributed by atoms with Gasteiger partial charge in [-0.25, -0.2) is 8.42 Å². The highest BCUT2D eigenvalue weighted by Gasteiger charge is 2.24. The van der Waals surface area contributed by atoms with E-state index in [0.29, 0.717) is 39.3 Å². The molecule has 0 aliphatic carbocycles. The molecule has 1 aliphatic heterocycles. The van der Waals surface area contributed by atoms with Crippen LogP contribution in [0.2, 0.25) is 0 Å². The smallest absolute Gasteiger partial charge is 0.211 e. The molecule has 0 saturated carbocycles. The fourth-order valence-electron chi connectivity index (χ4n) is 1.84. The van der Waals surface area contributed by atoms with Gasteiger partial charge in [0.15, 0.2) is 0 Å². The van der Waals surface area contributed by atoms with E-state index in [4.69, 9.17) is 0 Å². The first-order chi connectivity index (χ1) is 7.43. The molecule has 1 heterocycles. The SMILES string of the molecule is CNCC(O)CN1CCN(S(C)(=O)=O)CC1. The summed E-state index contributed by atoms with van der Waals surface area (Å²) in [6.07, 6.45) is 0.841. The van der Waals surface area contributed by atoms with Gasteiger partial charge in [-0.15, -0.1) is 0 Å². The Morgan fingerprint density at radius 3 is 2.31 bits per heavy atom. The molecule has 2 N–H and O–H groups in total. The number of aliphatic hydroxyl groups is 1. The number of sulfonamides is 1. The van der Waals surface area contributed by atoms with E-state index >= 15 is 0 Å². The highest BCUT2D eigenvalue weighted by molar-refractivity contribution is 7.88. The third kappa shape index (κ3) is 4.34. The minimum absolute atomic E-state index is 0.394. The fourth-order valence-corrected chi connectivity index (χ4v) is 2.67. The molecule has 0 aromatic heterocycles. The van der Waals surface area contributed by atoms with Gasteiger partial charge in [-0.2, -0.15) is 4.31 Å². The van der Waals surface area contributed by atoms with Crippen molar-refractivity contribution in [3.63, 3.8) is 0 Å². The monoisotopic (exact) mass is 251 g/mol. The Morgan fingerprint density at radius 1 is 1.31 bits per heavy atom. The van der Waals surface area contributed by atoms with Gasteiger partial charge < -0.3 is 10.4 Å². The number of likely N-dealkylation sites (N-methyl/N-ethyl adjacent to an activating group) is 1. The first-order valence-corrected chi connectivity index (χ1v) is 7.28. The highest BCUT2D eigenvalue weighted by Crippen LogP contribution is 2.06. The van der Waals surface area contributed by atoms with E-state index in [0.717, 1.165) is 0 Å². The lowest BCUT2D eigenvalue weighted by molar-refractivity contribution is 0.0928. The van der Waals surface area contributed by atoms with Gasteiger partial charge in [-0.05, 0) is 7.05 Å². The van der Waals surface area contributed by atoms with Crippen LogP contribution in [0.3, 0.4) is 0 Å². The number of nitrogens with one attached hydrogen (secondary N) is 1. The van der Waals surface area contributed by atoms with Crippen molar-refractivity contribution in [2.24, 2.45) is 0 Å². The number of aliphatic hydroxyl groups excluding tert-OH is 1. The van der Waals surface area contributed by atoms with Crippen LogP contribution in [-0.2, 0) is 10.0 Å². The molecule has 0 spiro atoms. The number of β-amino-alcohol motifs (C(OH)–C–C–N with tert-alkyl or cyclic N) is 1. The van der Waals surface area contributed by atoms with Crippen LogP contribution >= 0.6 is 0 Å². The number of hydrogen-bond acceptors (Lipinski definition) is 5. The minimum atomic E-state index is -3.06. The average molecular weight is 251 g/mol. The van der Waals surface area contributed by atoms with Crippen LogP contribution in [0.1, 0.15) is 0 Å². The molecule has 1 atom stereocenters. The van der Waals surface area contributed by atoms with E-state index in [1.807, 2.05) is 0 Å². The van der Waals surface area contributed by atoms with Gasteiger partial charge in [-0.1, -0.05) is 0 Å². The van der Waals surface area contributed by atoms with E-state index in [9.17, 15) is 13.5 Å². The van der Waals surface area contributed by atoms with Crippen molar-refractivity contribution in [1.82, 2.24) is 14.5 Å². The van der Waals surface area contributed by atoms with Crippen molar-refractivity contribution in [2.45, 2.75) is 6.10 Å². The molecule has 1 saturated heterocycles. The highest BCUT2D eigenvalue weighted by atomic mass is 32.2. The van der Waals surface area contributed by atoms with Crippen LogP contribution in [0.25, 0.3) is 0 Å². The summed E-state index contributed by atoms with van der Waals surface area (Å²) in [7, 11) is -1.26. The first kappa shape index (κ1) is 13.9. The molecule has 7 heteroatoms. The summed E-state index contributed by atoms with van der Waals surface area (Å²) in [6.45, 7) is 3.57. The van der Waals surface area contributed by atoms with Crippen molar-refractivity contribution in [1.29, 1.82) is 0 Å². The largest absolute Gasteiger partial charge is 0.390 e. The van der Waals surface area contributed by atoms with Crippen LogP contribution in [-0.4, -0.2) is 81.4 Å². The van der Waals surface area contributed by atoms with Crippen LogP contribution in [0, 0.1) is 0 Å². The van der Waals surface area contributed by atoms with Gasteiger partial charge >= 0.3 is 0 Å². The summed E-state index contributed by atoms with van der Waals surface area (Å²) >= 11 is 0. The minimum Gasteiger partial charge on any atom is -0.390 e. The van der Waals surface area contributed by atoms with Crippen LogP contribution in [0.4, 0.5) is 0 Å². The third-order valence-electron chi connectivity index (χ3n) is 2.71. The van der Waals surface area contributed by atoms with Crippen molar-refractivity contribution in [2.75, 3.05) is 52.6 Å². The van der Waals surface area contributed by atoms with Gasteiger partial charge in [-0.3, -0.25) is 4.90 Å². The number of piperazine rings is 1. The molecule has 16 heavy (non-hydrogen) atoms. The maximum Gasteiger partial charge on any atom is 0.211 e. The standard InChI is InChI=1S/C9H21N3O3S/c1-10-7-9(13)8-11-3-5-12(6-4-11)16(2,14)15/h9-10,13H,3-8H2,1-2H3. The summed E-state index contributed by atoms with van der Waals surface area (Å²) < 4.78 is 24.0. The van der Waals surface area contributed by atoms with Gasteiger partial charge in [0.25, 0.3) is 0 Å². The zero-order valence-corrected chi connectivity index (χ0v) is 10.7. The second kappa shape index (κ2) is 5.92. The lowest BCUT2D eigenvalue weighted by atomic mass is 10.3. The maximum absolute atomic E-state index is 11.3. The summed E-state index contributed by atoms with van der Waals surface area (Å²) in [6, 6.07) is 0. The second-order valence-electron chi connectivity index (χ2n) is 4.17. The molecule has 6 nitrogen and oxygen atoms in total. The van der Waals surface area contributed by atoms with Crippen molar-refractivity contribution >= 4 is 10.0 Å². The molecule has 96 valence electrons. The zero-order chi connectivity index (χ0) is 12.2. The van der Waals surface area contributed by atoms with Crippen molar-refractivity contribution in [3.8, 4) is 0 Å². The Labute approximate surface area is 97.3 Å². The Bertz CT molecular complexity index is 299. The summed E-state index contributed by atoms with van der Waals surface area (Å²) in [5.74, 6) is 0. The average Bonchev–Trinajstić information content (AvgIpc) is 2.17. The lowest BCUT2D eigenvalue weighted by Gasteiger charge is -2.34. The molecule has 0 aromatic carbocycles. The molecular weight excluding hydrogens is 230 g/mol. The zero-order valence-electron chi connectivity index (χ0n) is 9.89. The van der Waals surface area contributed by atoms with E-state index in [-0.39, 0.29) is 0 Å².